The van der Waals surface area contributed by atoms with Crippen molar-refractivity contribution in [3.05, 3.63) is 29.8 Å². The third-order valence-electron chi connectivity index (χ3n) is 3.81. The summed E-state index contributed by atoms with van der Waals surface area (Å²) < 4.78 is 0. The molecule has 0 spiro atoms. The Bertz CT molecular complexity index is 401. The Morgan fingerprint density at radius 2 is 1.83 bits per heavy atom. The molecule has 1 aliphatic carbocycles. The van der Waals surface area contributed by atoms with Gasteiger partial charge < -0.3 is 5.32 Å². The first-order valence-electron chi connectivity index (χ1n) is 6.76. The SMILES string of the molecule is CC1CCCCCC1NC(=O)c1ccc(S)cc1. The van der Waals surface area contributed by atoms with E-state index in [1.807, 2.05) is 24.3 Å². The van der Waals surface area contributed by atoms with Crippen LogP contribution in [0.25, 0.3) is 0 Å². The van der Waals surface area contributed by atoms with Gasteiger partial charge in [-0.15, -0.1) is 12.6 Å². The highest BCUT2D eigenvalue weighted by molar-refractivity contribution is 7.80. The molecular weight excluding hydrogens is 242 g/mol. The number of hydrogen-bond acceptors (Lipinski definition) is 2. The number of amides is 1. The van der Waals surface area contributed by atoms with E-state index in [0.717, 1.165) is 16.9 Å². The summed E-state index contributed by atoms with van der Waals surface area (Å²) >= 11 is 4.23. The van der Waals surface area contributed by atoms with Gasteiger partial charge in [0.1, 0.15) is 0 Å². The molecule has 1 fully saturated rings. The van der Waals surface area contributed by atoms with Crippen molar-refractivity contribution in [3.8, 4) is 0 Å². The van der Waals surface area contributed by atoms with Gasteiger partial charge in [-0.25, -0.2) is 0 Å². The molecule has 1 saturated carbocycles. The maximum atomic E-state index is 12.1. The molecule has 0 aromatic heterocycles. The van der Waals surface area contributed by atoms with Crippen molar-refractivity contribution >= 4 is 18.5 Å². The number of carbonyl (C=O) groups is 1. The molecule has 2 nitrogen and oxygen atoms in total. The minimum atomic E-state index is 0.0436. The molecule has 2 atom stereocenters. The van der Waals surface area contributed by atoms with E-state index in [2.05, 4.69) is 24.9 Å². The van der Waals surface area contributed by atoms with Crippen molar-refractivity contribution in [3.63, 3.8) is 0 Å². The van der Waals surface area contributed by atoms with E-state index >= 15 is 0 Å². The molecule has 1 amide bonds. The molecule has 0 bridgehead atoms. The van der Waals surface area contributed by atoms with Crippen LogP contribution in [0, 0.1) is 5.92 Å². The molecule has 1 aromatic carbocycles. The minimum absolute atomic E-state index is 0.0436. The van der Waals surface area contributed by atoms with E-state index in [1.165, 1.54) is 25.7 Å². The Balaban J connectivity index is 1.99. The van der Waals surface area contributed by atoms with Crippen LogP contribution in [-0.2, 0) is 0 Å². The lowest BCUT2D eigenvalue weighted by Crippen LogP contribution is -2.38. The molecule has 0 heterocycles. The number of rotatable bonds is 2. The zero-order valence-electron chi connectivity index (χ0n) is 10.9. The fraction of sp³-hybridized carbons (Fsp3) is 0.533. The van der Waals surface area contributed by atoms with Crippen LogP contribution < -0.4 is 5.32 Å². The summed E-state index contributed by atoms with van der Waals surface area (Å²) in [6.07, 6.45) is 6.15. The van der Waals surface area contributed by atoms with Crippen LogP contribution in [0.3, 0.4) is 0 Å². The summed E-state index contributed by atoms with van der Waals surface area (Å²) in [5, 5.41) is 3.18. The Morgan fingerprint density at radius 1 is 1.17 bits per heavy atom. The summed E-state index contributed by atoms with van der Waals surface area (Å²) in [5.74, 6) is 0.627. The first-order valence-corrected chi connectivity index (χ1v) is 7.21. The molecule has 2 unspecified atom stereocenters. The second kappa shape index (κ2) is 6.28. The van der Waals surface area contributed by atoms with Gasteiger partial charge in [-0.3, -0.25) is 4.79 Å². The van der Waals surface area contributed by atoms with Crippen LogP contribution in [0.1, 0.15) is 49.4 Å². The second-order valence-electron chi connectivity index (χ2n) is 5.24. The number of hydrogen-bond donors (Lipinski definition) is 2. The van der Waals surface area contributed by atoms with Gasteiger partial charge >= 0.3 is 0 Å². The van der Waals surface area contributed by atoms with Crippen LogP contribution in [-0.4, -0.2) is 11.9 Å². The Labute approximate surface area is 115 Å². The highest BCUT2D eigenvalue weighted by Crippen LogP contribution is 2.23. The quantitative estimate of drug-likeness (QED) is 0.618. The van der Waals surface area contributed by atoms with E-state index < -0.39 is 0 Å². The van der Waals surface area contributed by atoms with E-state index in [0.29, 0.717) is 12.0 Å². The third-order valence-corrected chi connectivity index (χ3v) is 4.11. The zero-order chi connectivity index (χ0) is 13.0. The molecule has 1 aliphatic rings. The van der Waals surface area contributed by atoms with E-state index in [-0.39, 0.29) is 5.91 Å². The molecule has 2 rings (SSSR count). The second-order valence-corrected chi connectivity index (χ2v) is 5.76. The van der Waals surface area contributed by atoms with Gasteiger partial charge in [0.15, 0.2) is 0 Å². The summed E-state index contributed by atoms with van der Waals surface area (Å²) in [7, 11) is 0. The summed E-state index contributed by atoms with van der Waals surface area (Å²) in [6, 6.07) is 7.71. The van der Waals surface area contributed by atoms with Gasteiger partial charge in [-0.1, -0.05) is 26.2 Å². The highest BCUT2D eigenvalue weighted by Gasteiger charge is 2.21. The lowest BCUT2D eigenvalue weighted by Gasteiger charge is -2.22. The lowest BCUT2D eigenvalue weighted by molar-refractivity contribution is 0.0921. The summed E-state index contributed by atoms with van der Waals surface area (Å²) in [4.78, 5) is 13.0. The molecular formula is C15H21NOS. The molecule has 3 heteroatoms. The molecule has 0 radical (unpaired) electrons. The Kier molecular flexibility index (Phi) is 4.70. The predicted octanol–water partition coefficient (Wildman–Crippen LogP) is 3.67. The normalized spacial score (nSPS) is 24.3. The van der Waals surface area contributed by atoms with Gasteiger partial charge in [0, 0.05) is 16.5 Å². The van der Waals surface area contributed by atoms with Crippen LogP contribution in [0.2, 0.25) is 0 Å². The maximum absolute atomic E-state index is 12.1. The summed E-state index contributed by atoms with van der Waals surface area (Å²) in [6.45, 7) is 2.24. The number of thiol groups is 1. The largest absolute Gasteiger partial charge is 0.349 e. The molecule has 98 valence electrons. The average molecular weight is 263 g/mol. The first-order chi connectivity index (χ1) is 8.66. The lowest BCUT2D eigenvalue weighted by atomic mass is 9.96. The van der Waals surface area contributed by atoms with E-state index in [4.69, 9.17) is 0 Å². The third kappa shape index (κ3) is 3.52. The monoisotopic (exact) mass is 263 g/mol. The van der Waals surface area contributed by atoms with Crippen molar-refractivity contribution < 1.29 is 4.79 Å². The average Bonchev–Trinajstić information content (AvgIpc) is 2.56. The smallest absolute Gasteiger partial charge is 0.251 e. The van der Waals surface area contributed by atoms with Crippen molar-refractivity contribution in [1.29, 1.82) is 0 Å². The van der Waals surface area contributed by atoms with Crippen molar-refractivity contribution in [2.75, 3.05) is 0 Å². The predicted molar refractivity (Wildman–Crippen MR) is 77.2 cm³/mol. The van der Waals surface area contributed by atoms with Crippen molar-refractivity contribution in [2.24, 2.45) is 5.92 Å². The molecule has 1 aromatic rings. The van der Waals surface area contributed by atoms with Crippen LogP contribution in [0.4, 0.5) is 0 Å². The van der Waals surface area contributed by atoms with Gasteiger partial charge in [0.25, 0.3) is 5.91 Å². The summed E-state index contributed by atoms with van der Waals surface area (Å²) in [5.41, 5.74) is 0.726. The number of nitrogens with one attached hydrogen (secondary N) is 1. The fourth-order valence-electron chi connectivity index (χ4n) is 2.57. The molecule has 0 aliphatic heterocycles. The number of benzene rings is 1. The van der Waals surface area contributed by atoms with Crippen molar-refractivity contribution in [2.45, 2.75) is 50.0 Å². The van der Waals surface area contributed by atoms with Crippen LogP contribution in [0.15, 0.2) is 29.2 Å². The fourth-order valence-corrected chi connectivity index (χ4v) is 2.72. The minimum Gasteiger partial charge on any atom is -0.349 e. The van der Waals surface area contributed by atoms with Crippen LogP contribution in [0.5, 0.6) is 0 Å². The van der Waals surface area contributed by atoms with Gasteiger partial charge in [0.2, 0.25) is 0 Å². The standard InChI is InChI=1S/C15H21NOS/c1-11-5-3-2-4-6-14(11)16-15(17)12-7-9-13(18)10-8-12/h7-11,14,18H,2-6H2,1H3,(H,16,17). The van der Waals surface area contributed by atoms with E-state index in [9.17, 15) is 4.79 Å². The van der Waals surface area contributed by atoms with Crippen LogP contribution >= 0.6 is 12.6 Å². The topological polar surface area (TPSA) is 29.1 Å². The zero-order valence-corrected chi connectivity index (χ0v) is 11.7. The van der Waals surface area contributed by atoms with Crippen molar-refractivity contribution in [1.82, 2.24) is 5.32 Å². The molecule has 0 saturated heterocycles. The van der Waals surface area contributed by atoms with Gasteiger partial charge in [-0.2, -0.15) is 0 Å². The number of carbonyl (C=O) groups excluding carboxylic acids is 1. The Hall–Kier alpha value is -0.960. The first kappa shape index (κ1) is 13.5. The Morgan fingerprint density at radius 3 is 2.56 bits per heavy atom. The van der Waals surface area contributed by atoms with Gasteiger partial charge in [0.05, 0.1) is 0 Å². The maximum Gasteiger partial charge on any atom is 0.251 e. The van der Waals surface area contributed by atoms with Gasteiger partial charge in [-0.05, 0) is 43.0 Å². The van der Waals surface area contributed by atoms with E-state index in [1.54, 1.807) is 0 Å². The molecule has 1 N–H and O–H groups in total. The highest BCUT2D eigenvalue weighted by atomic mass is 32.1. The molecule has 18 heavy (non-hydrogen) atoms.